The van der Waals surface area contributed by atoms with Crippen molar-refractivity contribution >= 4 is 28.8 Å². The summed E-state index contributed by atoms with van der Waals surface area (Å²) < 4.78 is 22.8. The summed E-state index contributed by atoms with van der Waals surface area (Å²) in [5.41, 5.74) is 2.22. The third-order valence-electron chi connectivity index (χ3n) is 6.40. The lowest BCUT2D eigenvalue weighted by molar-refractivity contribution is -0.0173. The second-order valence-electron chi connectivity index (χ2n) is 10.4. The summed E-state index contributed by atoms with van der Waals surface area (Å²) in [6, 6.07) is 7.46. The summed E-state index contributed by atoms with van der Waals surface area (Å²) in [6.07, 6.45) is 4.83. The predicted molar refractivity (Wildman–Crippen MR) is 143 cm³/mol. The van der Waals surface area contributed by atoms with E-state index in [4.69, 9.17) is 18.9 Å². The van der Waals surface area contributed by atoms with E-state index < -0.39 is 11.9 Å². The SMILES string of the molecule is CCOc1cccc(C2OC=C(c3ncnc4c(C(=O)NC5CCN(C(=O)OC(C)(C)C)CC5)c[nH]c34)O2)c1. The number of benzene rings is 1. The molecule has 0 spiro atoms. The molecule has 2 aliphatic heterocycles. The summed E-state index contributed by atoms with van der Waals surface area (Å²) in [4.78, 5) is 39.0. The third-order valence-corrected chi connectivity index (χ3v) is 6.40. The van der Waals surface area contributed by atoms with Crippen molar-refractivity contribution in [2.24, 2.45) is 0 Å². The quantitative estimate of drug-likeness (QED) is 0.471. The molecule has 0 aliphatic carbocycles. The van der Waals surface area contributed by atoms with Crippen molar-refractivity contribution in [3.8, 4) is 5.75 Å². The van der Waals surface area contributed by atoms with Gasteiger partial charge in [-0.25, -0.2) is 14.8 Å². The molecule has 2 aliphatic rings. The Kier molecular flexibility index (Phi) is 7.32. The van der Waals surface area contributed by atoms with Crippen LogP contribution < -0.4 is 10.1 Å². The van der Waals surface area contributed by atoms with Crippen LogP contribution in [0.2, 0.25) is 0 Å². The average Bonchev–Trinajstić information content (AvgIpc) is 3.56. The number of H-pyrrole nitrogens is 1. The third kappa shape index (κ3) is 5.92. The maximum Gasteiger partial charge on any atom is 0.410 e. The molecule has 11 heteroatoms. The molecular formula is C28H33N5O6. The van der Waals surface area contributed by atoms with E-state index in [-0.39, 0.29) is 18.0 Å². The van der Waals surface area contributed by atoms with Gasteiger partial charge in [-0.2, -0.15) is 0 Å². The molecule has 2 N–H and O–H groups in total. The van der Waals surface area contributed by atoms with Crippen molar-refractivity contribution in [2.75, 3.05) is 19.7 Å². The van der Waals surface area contributed by atoms with Crippen LogP contribution in [0.25, 0.3) is 16.8 Å². The van der Waals surface area contributed by atoms with Gasteiger partial charge in [0.15, 0.2) is 5.76 Å². The summed E-state index contributed by atoms with van der Waals surface area (Å²) in [6.45, 7) is 9.05. The lowest BCUT2D eigenvalue weighted by Gasteiger charge is -2.33. The van der Waals surface area contributed by atoms with E-state index in [1.165, 1.54) is 12.6 Å². The Morgan fingerprint density at radius 3 is 2.74 bits per heavy atom. The highest BCUT2D eigenvalue weighted by Crippen LogP contribution is 2.36. The fraction of sp³-hybridized carbons (Fsp3) is 0.429. The molecule has 0 bridgehead atoms. The molecule has 5 rings (SSSR count). The molecule has 1 unspecified atom stereocenters. The first-order valence-electron chi connectivity index (χ1n) is 13.1. The molecule has 206 valence electrons. The van der Waals surface area contributed by atoms with Crippen LogP contribution in [-0.4, -0.2) is 63.2 Å². The number of carbonyl (C=O) groups is 2. The van der Waals surface area contributed by atoms with Gasteiger partial charge in [0, 0.05) is 30.9 Å². The van der Waals surface area contributed by atoms with E-state index in [0.29, 0.717) is 60.6 Å². The van der Waals surface area contributed by atoms with E-state index >= 15 is 0 Å². The van der Waals surface area contributed by atoms with Gasteiger partial charge in [0.1, 0.15) is 35.2 Å². The van der Waals surface area contributed by atoms with E-state index in [0.717, 1.165) is 11.3 Å². The van der Waals surface area contributed by atoms with Crippen LogP contribution in [0.3, 0.4) is 0 Å². The van der Waals surface area contributed by atoms with Crippen molar-refractivity contribution in [3.05, 3.63) is 59.9 Å². The molecule has 2 aromatic heterocycles. The van der Waals surface area contributed by atoms with Gasteiger partial charge in [0.2, 0.25) is 0 Å². The van der Waals surface area contributed by atoms with Gasteiger partial charge in [0.25, 0.3) is 12.2 Å². The monoisotopic (exact) mass is 535 g/mol. The number of carbonyl (C=O) groups excluding carboxylic acids is 2. The Morgan fingerprint density at radius 1 is 1.21 bits per heavy atom. The lowest BCUT2D eigenvalue weighted by atomic mass is 10.0. The number of rotatable bonds is 6. The van der Waals surface area contributed by atoms with E-state index in [1.807, 2.05) is 52.0 Å². The topological polar surface area (TPSA) is 128 Å². The summed E-state index contributed by atoms with van der Waals surface area (Å²) in [5.74, 6) is 0.915. The first-order chi connectivity index (χ1) is 18.7. The summed E-state index contributed by atoms with van der Waals surface area (Å²) in [5, 5.41) is 3.07. The predicted octanol–water partition coefficient (Wildman–Crippen LogP) is 4.53. The molecule has 1 fully saturated rings. The zero-order chi connectivity index (χ0) is 27.6. The molecule has 1 saturated heterocycles. The van der Waals surface area contributed by atoms with Gasteiger partial charge in [0.05, 0.1) is 17.7 Å². The molecule has 4 heterocycles. The standard InChI is InChI=1S/C28H33N5O6/c1-5-36-19-8-6-7-17(13-19)26-37-15-21(38-26)23-24-22(30-16-31-23)20(14-29-24)25(34)32-18-9-11-33(12-10-18)27(35)39-28(2,3)4/h6-8,13-16,18,26,29H,5,9-12H2,1-4H3,(H,32,34). The molecule has 2 amide bonds. The van der Waals surface area contributed by atoms with Crippen molar-refractivity contribution < 1.29 is 28.5 Å². The number of amides is 2. The number of aromatic nitrogens is 3. The van der Waals surface area contributed by atoms with Crippen molar-refractivity contribution in [1.82, 2.24) is 25.2 Å². The number of aromatic amines is 1. The zero-order valence-corrected chi connectivity index (χ0v) is 22.5. The van der Waals surface area contributed by atoms with Crippen LogP contribution in [0.1, 0.15) is 68.4 Å². The van der Waals surface area contributed by atoms with Crippen molar-refractivity contribution in [2.45, 2.75) is 58.5 Å². The fourth-order valence-electron chi connectivity index (χ4n) is 4.57. The largest absolute Gasteiger partial charge is 0.494 e. The summed E-state index contributed by atoms with van der Waals surface area (Å²) >= 11 is 0. The Balaban J connectivity index is 1.23. The maximum absolute atomic E-state index is 13.2. The van der Waals surface area contributed by atoms with Crippen LogP contribution in [-0.2, 0) is 14.2 Å². The number of fused-ring (bicyclic) bond motifs is 1. The van der Waals surface area contributed by atoms with Gasteiger partial charge in [-0.1, -0.05) is 12.1 Å². The molecule has 0 saturated carbocycles. The first kappa shape index (κ1) is 26.3. The minimum atomic E-state index is -0.644. The average molecular weight is 536 g/mol. The molecule has 3 aromatic rings. The molecular weight excluding hydrogens is 502 g/mol. The van der Waals surface area contributed by atoms with Gasteiger partial charge in [-0.3, -0.25) is 4.79 Å². The number of nitrogens with one attached hydrogen (secondary N) is 2. The smallest absolute Gasteiger partial charge is 0.410 e. The number of hydrogen-bond acceptors (Lipinski definition) is 8. The Labute approximate surface area is 226 Å². The minimum absolute atomic E-state index is 0.0649. The molecule has 0 radical (unpaired) electrons. The lowest BCUT2D eigenvalue weighted by Crippen LogP contribution is -2.47. The van der Waals surface area contributed by atoms with Crippen LogP contribution in [0.4, 0.5) is 4.79 Å². The maximum atomic E-state index is 13.2. The second-order valence-corrected chi connectivity index (χ2v) is 10.4. The Morgan fingerprint density at radius 2 is 2.00 bits per heavy atom. The van der Waals surface area contributed by atoms with Crippen LogP contribution in [0, 0.1) is 0 Å². The number of ether oxygens (including phenoxy) is 4. The van der Waals surface area contributed by atoms with Gasteiger partial charge in [-0.15, -0.1) is 0 Å². The second kappa shape index (κ2) is 10.8. The van der Waals surface area contributed by atoms with E-state index in [2.05, 4.69) is 20.3 Å². The highest BCUT2D eigenvalue weighted by Gasteiger charge is 2.30. The Hall–Kier alpha value is -4.28. The molecule has 39 heavy (non-hydrogen) atoms. The van der Waals surface area contributed by atoms with Gasteiger partial charge < -0.3 is 34.1 Å². The highest BCUT2D eigenvalue weighted by atomic mass is 16.7. The fourth-order valence-corrected chi connectivity index (χ4v) is 4.57. The minimum Gasteiger partial charge on any atom is -0.494 e. The first-order valence-corrected chi connectivity index (χ1v) is 13.1. The number of likely N-dealkylation sites (tertiary alicyclic amines) is 1. The van der Waals surface area contributed by atoms with Crippen molar-refractivity contribution in [1.29, 1.82) is 0 Å². The van der Waals surface area contributed by atoms with Gasteiger partial charge >= 0.3 is 6.09 Å². The number of hydrogen-bond donors (Lipinski definition) is 2. The van der Waals surface area contributed by atoms with Crippen LogP contribution in [0.5, 0.6) is 5.75 Å². The molecule has 1 atom stereocenters. The highest BCUT2D eigenvalue weighted by molar-refractivity contribution is 6.06. The van der Waals surface area contributed by atoms with Crippen LogP contribution >= 0.6 is 0 Å². The Bertz CT molecular complexity index is 1390. The summed E-state index contributed by atoms with van der Waals surface area (Å²) in [7, 11) is 0. The van der Waals surface area contributed by atoms with E-state index in [9.17, 15) is 9.59 Å². The number of nitrogens with zero attached hydrogens (tertiary/aromatic N) is 3. The van der Waals surface area contributed by atoms with Crippen molar-refractivity contribution in [3.63, 3.8) is 0 Å². The number of piperidine rings is 1. The normalized spacial score (nSPS) is 17.8. The molecule has 11 nitrogen and oxygen atoms in total. The van der Waals surface area contributed by atoms with E-state index in [1.54, 1.807) is 11.1 Å². The van der Waals surface area contributed by atoms with Crippen LogP contribution in [0.15, 0.2) is 43.1 Å². The molecule has 1 aromatic carbocycles. The van der Waals surface area contributed by atoms with Gasteiger partial charge in [-0.05, 0) is 52.7 Å². The zero-order valence-electron chi connectivity index (χ0n) is 22.5.